The third-order valence-corrected chi connectivity index (χ3v) is 7.25. The second-order valence-electron chi connectivity index (χ2n) is 6.16. The maximum Gasteiger partial charge on any atom is 0.246 e. The van der Waals surface area contributed by atoms with Gasteiger partial charge in [0.2, 0.25) is 15.9 Å². The number of hydrogen-bond donors (Lipinski definition) is 0. The van der Waals surface area contributed by atoms with Crippen LogP contribution in [0.2, 0.25) is 5.02 Å². The highest BCUT2D eigenvalue weighted by atomic mass is 79.9. The molecule has 2 aromatic rings. The van der Waals surface area contributed by atoms with E-state index in [1.165, 1.54) is 39.6 Å². The van der Waals surface area contributed by atoms with E-state index in [2.05, 4.69) is 15.9 Å². The highest BCUT2D eigenvalue weighted by molar-refractivity contribution is 9.10. The summed E-state index contributed by atoms with van der Waals surface area (Å²) in [5, 5.41) is 0.140. The zero-order valence-electron chi connectivity index (χ0n) is 14.7. The van der Waals surface area contributed by atoms with Gasteiger partial charge >= 0.3 is 0 Å². The number of rotatable bonds is 4. The normalized spacial score (nSPS) is 15.9. The minimum absolute atomic E-state index is 0.0385. The third-order valence-electron chi connectivity index (χ3n) is 4.37. The molecule has 0 radical (unpaired) electrons. The van der Waals surface area contributed by atoms with Crippen molar-refractivity contribution < 1.29 is 17.6 Å². The van der Waals surface area contributed by atoms with E-state index in [9.17, 15) is 17.6 Å². The Labute approximate surface area is 176 Å². The van der Waals surface area contributed by atoms with Crippen LogP contribution in [0, 0.1) is 5.82 Å². The van der Waals surface area contributed by atoms with Gasteiger partial charge < -0.3 is 4.90 Å². The molecule has 0 aromatic heterocycles. The van der Waals surface area contributed by atoms with Crippen LogP contribution < -0.4 is 0 Å². The van der Waals surface area contributed by atoms with Crippen molar-refractivity contribution in [1.82, 2.24) is 9.21 Å². The smallest absolute Gasteiger partial charge is 0.246 e. The maximum atomic E-state index is 13.6. The third kappa shape index (κ3) is 4.63. The predicted octanol–water partition coefficient (Wildman–Crippen LogP) is 3.79. The molecule has 1 aliphatic heterocycles. The van der Waals surface area contributed by atoms with E-state index in [4.69, 9.17) is 11.6 Å². The van der Waals surface area contributed by atoms with Crippen LogP contribution in [0.25, 0.3) is 6.08 Å². The van der Waals surface area contributed by atoms with Crippen molar-refractivity contribution in [3.8, 4) is 0 Å². The minimum atomic E-state index is -3.74. The Kier molecular flexibility index (Phi) is 6.54. The number of carbonyl (C=O) groups excluding carboxylic acids is 1. The van der Waals surface area contributed by atoms with Gasteiger partial charge in [-0.25, -0.2) is 12.8 Å². The number of piperazine rings is 1. The van der Waals surface area contributed by atoms with E-state index in [0.717, 1.165) is 0 Å². The first-order chi connectivity index (χ1) is 13.3. The lowest BCUT2D eigenvalue weighted by Gasteiger charge is -2.33. The number of halogens is 3. The van der Waals surface area contributed by atoms with Crippen LogP contribution >= 0.6 is 27.5 Å². The molecule has 1 fully saturated rings. The van der Waals surface area contributed by atoms with E-state index < -0.39 is 15.8 Å². The summed E-state index contributed by atoms with van der Waals surface area (Å²) < 4.78 is 41.2. The molecule has 1 aliphatic rings. The first kappa shape index (κ1) is 21.0. The molecule has 0 aliphatic carbocycles. The molecule has 0 spiro atoms. The van der Waals surface area contributed by atoms with Crippen LogP contribution in [0.5, 0.6) is 0 Å². The van der Waals surface area contributed by atoms with Crippen LogP contribution in [-0.4, -0.2) is 49.7 Å². The lowest BCUT2D eigenvalue weighted by molar-refractivity contribution is -0.127. The minimum Gasteiger partial charge on any atom is -0.337 e. The van der Waals surface area contributed by atoms with Gasteiger partial charge in [0.1, 0.15) is 10.7 Å². The van der Waals surface area contributed by atoms with Crippen molar-refractivity contribution in [2.24, 2.45) is 0 Å². The van der Waals surface area contributed by atoms with Gasteiger partial charge in [0.05, 0.1) is 5.02 Å². The average Bonchev–Trinajstić information content (AvgIpc) is 2.67. The Morgan fingerprint density at radius 1 is 1.11 bits per heavy atom. The fourth-order valence-corrected chi connectivity index (χ4v) is 5.28. The summed E-state index contributed by atoms with van der Waals surface area (Å²) in [6.45, 7) is 0.809. The quantitative estimate of drug-likeness (QED) is 0.617. The Morgan fingerprint density at radius 2 is 1.79 bits per heavy atom. The fraction of sp³-hybridized carbons (Fsp3) is 0.211. The molecule has 3 rings (SSSR count). The van der Waals surface area contributed by atoms with Gasteiger partial charge in [0.25, 0.3) is 0 Å². The number of nitrogens with zero attached hydrogens (tertiary/aromatic N) is 2. The zero-order valence-corrected chi connectivity index (χ0v) is 17.8. The highest BCUT2D eigenvalue weighted by Crippen LogP contribution is 2.28. The highest BCUT2D eigenvalue weighted by Gasteiger charge is 2.31. The monoisotopic (exact) mass is 486 g/mol. The Balaban J connectivity index is 1.65. The topological polar surface area (TPSA) is 57.7 Å². The van der Waals surface area contributed by atoms with E-state index in [-0.39, 0.29) is 42.0 Å². The molecule has 1 saturated heterocycles. The fourth-order valence-electron chi connectivity index (χ4n) is 2.85. The molecule has 0 N–H and O–H groups in total. The summed E-state index contributed by atoms with van der Waals surface area (Å²) in [5.74, 6) is -0.698. The van der Waals surface area contributed by atoms with Crippen LogP contribution in [-0.2, 0) is 14.8 Å². The van der Waals surface area contributed by atoms with Gasteiger partial charge in [-0.1, -0.05) is 45.7 Å². The van der Waals surface area contributed by atoms with Crippen LogP contribution in [0.3, 0.4) is 0 Å². The number of amides is 1. The molecule has 148 valence electrons. The molecule has 1 heterocycles. The molecule has 0 saturated carbocycles. The van der Waals surface area contributed by atoms with E-state index >= 15 is 0 Å². The number of hydrogen-bond acceptors (Lipinski definition) is 3. The van der Waals surface area contributed by atoms with Crippen LogP contribution in [0.1, 0.15) is 5.56 Å². The van der Waals surface area contributed by atoms with Crippen molar-refractivity contribution in [1.29, 1.82) is 0 Å². The zero-order chi connectivity index (χ0) is 20.3. The van der Waals surface area contributed by atoms with Crippen molar-refractivity contribution >= 4 is 49.5 Å². The maximum absolute atomic E-state index is 13.6. The number of benzene rings is 2. The van der Waals surface area contributed by atoms with Crippen molar-refractivity contribution in [2.75, 3.05) is 26.2 Å². The number of carbonyl (C=O) groups is 1. The SMILES string of the molecule is O=C(C=Cc1ccccc1F)N1CCN(S(=O)(=O)c2ccc(Br)cc2Cl)CC1. The van der Waals surface area contributed by atoms with Gasteiger partial charge in [-0.3, -0.25) is 4.79 Å². The first-order valence-electron chi connectivity index (χ1n) is 8.46. The van der Waals surface area contributed by atoms with Gasteiger partial charge in [-0.15, -0.1) is 0 Å². The first-order valence-corrected chi connectivity index (χ1v) is 11.1. The standard InChI is InChI=1S/C19H17BrClFN2O3S/c20-15-6-7-18(16(21)13-15)28(26,27)24-11-9-23(10-12-24)19(25)8-5-14-3-1-2-4-17(14)22/h1-8,13H,9-12H2. The Morgan fingerprint density at radius 3 is 2.43 bits per heavy atom. The summed E-state index contributed by atoms with van der Waals surface area (Å²) in [6.07, 6.45) is 2.72. The summed E-state index contributed by atoms with van der Waals surface area (Å²) in [5.41, 5.74) is 0.321. The second kappa shape index (κ2) is 8.73. The molecule has 0 bridgehead atoms. The largest absolute Gasteiger partial charge is 0.337 e. The summed E-state index contributed by atoms with van der Waals surface area (Å²) in [7, 11) is -3.74. The average molecular weight is 488 g/mol. The molecule has 0 atom stereocenters. The van der Waals surface area contributed by atoms with E-state index in [1.54, 1.807) is 24.3 Å². The molecular weight excluding hydrogens is 471 g/mol. The lowest BCUT2D eigenvalue weighted by Crippen LogP contribution is -2.50. The van der Waals surface area contributed by atoms with Gasteiger partial charge in [0.15, 0.2) is 0 Å². The van der Waals surface area contributed by atoms with Crippen molar-refractivity contribution in [3.63, 3.8) is 0 Å². The van der Waals surface area contributed by atoms with Gasteiger partial charge in [0, 0.05) is 42.3 Å². The predicted molar refractivity (Wildman–Crippen MR) is 110 cm³/mol. The summed E-state index contributed by atoms with van der Waals surface area (Å²) >= 11 is 9.34. The van der Waals surface area contributed by atoms with E-state index in [1.807, 2.05) is 0 Å². The van der Waals surface area contributed by atoms with Gasteiger partial charge in [-0.05, 0) is 30.3 Å². The lowest BCUT2D eigenvalue weighted by atomic mass is 10.2. The van der Waals surface area contributed by atoms with Crippen molar-refractivity contribution in [3.05, 3.63) is 69.4 Å². The second-order valence-corrected chi connectivity index (χ2v) is 9.39. The van der Waals surface area contributed by atoms with Gasteiger partial charge in [-0.2, -0.15) is 4.31 Å². The molecule has 28 heavy (non-hydrogen) atoms. The Bertz CT molecular complexity index is 1020. The molecule has 0 unspecified atom stereocenters. The molecule has 1 amide bonds. The summed E-state index contributed by atoms with van der Waals surface area (Å²) in [6, 6.07) is 10.8. The Hall–Kier alpha value is -1.74. The van der Waals surface area contributed by atoms with Crippen LogP contribution in [0.15, 0.2) is 57.9 Å². The summed E-state index contributed by atoms with van der Waals surface area (Å²) in [4.78, 5) is 13.9. The van der Waals surface area contributed by atoms with E-state index in [0.29, 0.717) is 10.0 Å². The van der Waals surface area contributed by atoms with Crippen molar-refractivity contribution in [2.45, 2.75) is 4.90 Å². The number of sulfonamides is 1. The van der Waals surface area contributed by atoms with Crippen LogP contribution in [0.4, 0.5) is 4.39 Å². The molecule has 9 heteroatoms. The molecular formula is C19H17BrClFN2O3S. The molecule has 2 aromatic carbocycles. The molecule has 5 nitrogen and oxygen atoms in total.